The van der Waals surface area contributed by atoms with Crippen LogP contribution < -0.4 is 5.32 Å². The number of anilines is 1. The number of nitrogens with zero attached hydrogens (tertiary/aromatic N) is 1. The zero-order chi connectivity index (χ0) is 20.4. The third-order valence-electron chi connectivity index (χ3n) is 6.18. The Balaban J connectivity index is 1.40. The summed E-state index contributed by atoms with van der Waals surface area (Å²) in [5.74, 6) is 0.541. The van der Waals surface area contributed by atoms with Crippen LogP contribution in [0.25, 0.3) is 10.9 Å². The predicted molar refractivity (Wildman–Crippen MR) is 116 cm³/mol. The maximum absolute atomic E-state index is 13.5. The van der Waals surface area contributed by atoms with Crippen LogP contribution in [0.2, 0.25) is 5.02 Å². The number of pyridine rings is 1. The summed E-state index contributed by atoms with van der Waals surface area (Å²) in [4.78, 5) is 17.0. The minimum atomic E-state index is -0.258. The molecular formula is C24H24ClFN2O. The van der Waals surface area contributed by atoms with Crippen molar-refractivity contribution in [1.82, 2.24) is 4.98 Å². The first kappa shape index (κ1) is 19.8. The highest BCUT2D eigenvalue weighted by atomic mass is 35.5. The van der Waals surface area contributed by atoms with Crippen LogP contribution in [-0.2, 0) is 4.79 Å². The van der Waals surface area contributed by atoms with E-state index in [9.17, 15) is 9.18 Å². The molecule has 1 amide bonds. The van der Waals surface area contributed by atoms with Crippen molar-refractivity contribution >= 4 is 34.1 Å². The van der Waals surface area contributed by atoms with Crippen LogP contribution in [0.3, 0.4) is 0 Å². The van der Waals surface area contributed by atoms with Crippen molar-refractivity contribution in [3.63, 3.8) is 0 Å². The summed E-state index contributed by atoms with van der Waals surface area (Å²) in [7, 11) is 0. The zero-order valence-corrected chi connectivity index (χ0v) is 17.1. The molecule has 1 unspecified atom stereocenters. The average molecular weight is 411 g/mol. The van der Waals surface area contributed by atoms with E-state index in [0.717, 1.165) is 36.8 Å². The molecule has 1 atom stereocenters. The van der Waals surface area contributed by atoms with Crippen molar-refractivity contribution in [1.29, 1.82) is 0 Å². The largest absolute Gasteiger partial charge is 0.326 e. The SMILES string of the molecule is CC(C(=O)Nc1ccc(Cl)cc1)C1CCC(c2ccnc3cc(F)ccc23)CC1. The number of benzene rings is 2. The first-order valence-corrected chi connectivity index (χ1v) is 10.5. The van der Waals surface area contributed by atoms with E-state index in [1.807, 2.05) is 25.1 Å². The number of carbonyl (C=O) groups excluding carboxylic acids is 1. The number of halogens is 2. The number of fused-ring (bicyclic) bond motifs is 1. The molecule has 3 aromatic rings. The summed E-state index contributed by atoms with van der Waals surface area (Å²) in [6, 6.07) is 14.1. The summed E-state index contributed by atoms with van der Waals surface area (Å²) in [5, 5.41) is 4.68. The lowest BCUT2D eigenvalue weighted by atomic mass is 9.73. The molecule has 1 fully saturated rings. The highest BCUT2D eigenvalue weighted by molar-refractivity contribution is 6.30. The van der Waals surface area contributed by atoms with Gasteiger partial charge in [0.15, 0.2) is 0 Å². The van der Waals surface area contributed by atoms with Gasteiger partial charge < -0.3 is 5.32 Å². The first-order valence-electron chi connectivity index (χ1n) is 10.1. The Hall–Kier alpha value is -2.46. The predicted octanol–water partition coefficient (Wildman–Crippen LogP) is 6.58. The summed E-state index contributed by atoms with van der Waals surface area (Å²) in [5.41, 5.74) is 2.72. The molecule has 1 aromatic heterocycles. The number of rotatable bonds is 4. The van der Waals surface area contributed by atoms with Gasteiger partial charge in [-0.2, -0.15) is 0 Å². The van der Waals surface area contributed by atoms with Crippen LogP contribution in [0.15, 0.2) is 54.7 Å². The number of carbonyl (C=O) groups is 1. The molecular weight excluding hydrogens is 387 g/mol. The molecule has 1 heterocycles. The second-order valence-corrected chi connectivity index (χ2v) is 8.39. The number of hydrogen-bond acceptors (Lipinski definition) is 2. The molecule has 1 N–H and O–H groups in total. The molecule has 0 spiro atoms. The van der Waals surface area contributed by atoms with Crippen molar-refractivity contribution in [2.75, 3.05) is 5.32 Å². The number of nitrogens with one attached hydrogen (secondary N) is 1. The van der Waals surface area contributed by atoms with E-state index >= 15 is 0 Å². The molecule has 4 rings (SSSR count). The molecule has 0 radical (unpaired) electrons. The summed E-state index contributed by atoms with van der Waals surface area (Å²) >= 11 is 5.91. The molecule has 29 heavy (non-hydrogen) atoms. The van der Waals surface area contributed by atoms with Crippen molar-refractivity contribution in [2.24, 2.45) is 11.8 Å². The van der Waals surface area contributed by atoms with E-state index in [4.69, 9.17) is 11.6 Å². The lowest BCUT2D eigenvalue weighted by molar-refractivity contribution is -0.121. The molecule has 1 aliphatic rings. The second-order valence-electron chi connectivity index (χ2n) is 7.96. The summed E-state index contributed by atoms with van der Waals surface area (Å²) in [6.07, 6.45) is 5.83. The van der Waals surface area contributed by atoms with Crippen LogP contribution in [0.1, 0.15) is 44.1 Å². The Morgan fingerprint density at radius 3 is 2.55 bits per heavy atom. The van der Waals surface area contributed by atoms with E-state index in [2.05, 4.69) is 16.4 Å². The maximum Gasteiger partial charge on any atom is 0.227 e. The molecule has 2 aromatic carbocycles. The monoisotopic (exact) mass is 410 g/mol. The lowest BCUT2D eigenvalue weighted by Crippen LogP contribution is -2.29. The number of amides is 1. The van der Waals surface area contributed by atoms with Crippen molar-refractivity contribution < 1.29 is 9.18 Å². The van der Waals surface area contributed by atoms with Gasteiger partial charge in [0, 0.05) is 34.3 Å². The van der Waals surface area contributed by atoms with Gasteiger partial charge in [-0.15, -0.1) is 0 Å². The van der Waals surface area contributed by atoms with Gasteiger partial charge in [0.05, 0.1) is 5.52 Å². The minimum absolute atomic E-state index is 0.0464. The fraction of sp³-hybridized carbons (Fsp3) is 0.333. The molecule has 0 aliphatic heterocycles. The molecule has 0 bridgehead atoms. The Morgan fingerprint density at radius 2 is 1.83 bits per heavy atom. The molecule has 5 heteroatoms. The number of hydrogen-bond donors (Lipinski definition) is 1. The first-order chi connectivity index (χ1) is 14.0. The van der Waals surface area contributed by atoms with Crippen molar-refractivity contribution in [3.8, 4) is 0 Å². The summed E-state index contributed by atoms with van der Waals surface area (Å²) < 4.78 is 13.5. The van der Waals surface area contributed by atoms with E-state index < -0.39 is 0 Å². The van der Waals surface area contributed by atoms with Crippen LogP contribution in [0, 0.1) is 17.7 Å². The van der Waals surface area contributed by atoms with Crippen LogP contribution in [0.5, 0.6) is 0 Å². The van der Waals surface area contributed by atoms with Gasteiger partial charge in [0.1, 0.15) is 5.82 Å². The van der Waals surface area contributed by atoms with E-state index in [-0.39, 0.29) is 17.6 Å². The Labute approximate surface area is 175 Å². The molecule has 3 nitrogen and oxygen atoms in total. The van der Waals surface area contributed by atoms with Gasteiger partial charge in [0.2, 0.25) is 5.91 Å². The van der Waals surface area contributed by atoms with Gasteiger partial charge in [-0.3, -0.25) is 9.78 Å². The van der Waals surface area contributed by atoms with Crippen LogP contribution in [0.4, 0.5) is 10.1 Å². The van der Waals surface area contributed by atoms with Gasteiger partial charge in [-0.25, -0.2) is 4.39 Å². The van der Waals surface area contributed by atoms with E-state index in [0.29, 0.717) is 22.4 Å². The Bertz CT molecular complexity index is 1010. The molecule has 1 aliphatic carbocycles. The zero-order valence-electron chi connectivity index (χ0n) is 16.4. The Kier molecular flexibility index (Phi) is 5.81. The average Bonchev–Trinajstić information content (AvgIpc) is 2.74. The fourth-order valence-electron chi connectivity index (χ4n) is 4.43. The molecule has 150 valence electrons. The van der Waals surface area contributed by atoms with Gasteiger partial charge >= 0.3 is 0 Å². The third kappa shape index (κ3) is 4.43. The smallest absolute Gasteiger partial charge is 0.227 e. The van der Waals surface area contributed by atoms with Gasteiger partial charge in [0.25, 0.3) is 0 Å². The van der Waals surface area contributed by atoms with E-state index in [1.165, 1.54) is 17.7 Å². The Morgan fingerprint density at radius 1 is 1.10 bits per heavy atom. The van der Waals surface area contributed by atoms with E-state index in [1.54, 1.807) is 18.3 Å². The topological polar surface area (TPSA) is 42.0 Å². The van der Waals surface area contributed by atoms with Crippen LogP contribution in [-0.4, -0.2) is 10.9 Å². The quantitative estimate of drug-likeness (QED) is 0.528. The summed E-state index contributed by atoms with van der Waals surface area (Å²) in [6.45, 7) is 2.01. The highest BCUT2D eigenvalue weighted by Gasteiger charge is 2.30. The van der Waals surface area contributed by atoms with Gasteiger partial charge in [-0.1, -0.05) is 18.5 Å². The standard InChI is InChI=1S/C24H24ClFN2O/c1-15(24(29)28-20-9-6-18(25)7-10-20)16-2-4-17(5-3-16)21-12-13-27-23-14-19(26)8-11-22(21)23/h6-17H,2-5H2,1H3,(H,28,29). The van der Waals surface area contributed by atoms with Crippen LogP contribution >= 0.6 is 11.6 Å². The van der Waals surface area contributed by atoms with Gasteiger partial charge in [-0.05, 0) is 85.5 Å². The van der Waals surface area contributed by atoms with Crippen molar-refractivity contribution in [2.45, 2.75) is 38.5 Å². The normalized spacial score (nSPS) is 20.4. The maximum atomic E-state index is 13.5. The van der Waals surface area contributed by atoms with Crippen molar-refractivity contribution in [3.05, 3.63) is 71.1 Å². The molecule has 1 saturated carbocycles. The number of aromatic nitrogens is 1. The lowest BCUT2D eigenvalue weighted by Gasteiger charge is -2.32. The minimum Gasteiger partial charge on any atom is -0.326 e. The second kappa shape index (κ2) is 8.50. The third-order valence-corrected chi connectivity index (χ3v) is 6.43. The highest BCUT2D eigenvalue weighted by Crippen LogP contribution is 2.40. The fourth-order valence-corrected chi connectivity index (χ4v) is 4.56. The molecule has 0 saturated heterocycles.